The number of β-amino-alcohol motifs (C(OH)–C–C–N with tert-alkyl or cyclic N) is 1. The lowest BCUT2D eigenvalue weighted by Gasteiger charge is -2.33. The summed E-state index contributed by atoms with van der Waals surface area (Å²) in [6, 6.07) is 13.9. The third-order valence-electron chi connectivity index (χ3n) is 7.54. The van der Waals surface area contributed by atoms with Crippen LogP contribution < -0.4 is 15.4 Å². The standard InChI is InChI=1S/C32H42N6O3S/c1-20(2)41-28-18-25(23-9-8-14-38(19-23)15-16-39)22(5)17-27(28)35-32-36-30-24(12-13-33-30)31(37-32)34-26-10-6-7-11-29(26)42(40)21(3)4/h6-7,10-13,17-18,20-21,23,39H,8-9,14-16,19H2,1-5H3,(H3,33,34,35,36,37). The molecule has 2 unspecified atom stereocenters. The summed E-state index contributed by atoms with van der Waals surface area (Å²) >= 11 is 0. The van der Waals surface area contributed by atoms with Crippen molar-refractivity contribution in [2.75, 3.05) is 36.9 Å². The minimum atomic E-state index is -1.16. The number of anilines is 4. The molecule has 9 nitrogen and oxygen atoms in total. The minimum absolute atomic E-state index is 0.0132. The van der Waals surface area contributed by atoms with Gasteiger partial charge in [-0.25, -0.2) is 0 Å². The average Bonchev–Trinajstić information content (AvgIpc) is 3.43. The van der Waals surface area contributed by atoms with Crippen molar-refractivity contribution >= 4 is 45.0 Å². The Bertz CT molecular complexity index is 1550. The van der Waals surface area contributed by atoms with E-state index >= 15 is 0 Å². The number of rotatable bonds is 11. The summed E-state index contributed by atoms with van der Waals surface area (Å²) in [6.45, 7) is 12.9. The first-order valence-corrected chi connectivity index (χ1v) is 16.0. The highest BCUT2D eigenvalue weighted by Crippen LogP contribution is 2.38. The number of likely N-dealkylation sites (tertiary alicyclic amines) is 1. The second-order valence-corrected chi connectivity index (χ2v) is 13.4. The highest BCUT2D eigenvalue weighted by atomic mass is 32.2. The van der Waals surface area contributed by atoms with Crippen molar-refractivity contribution < 1.29 is 14.1 Å². The van der Waals surface area contributed by atoms with Crippen molar-refractivity contribution in [2.24, 2.45) is 0 Å². The maximum absolute atomic E-state index is 13.0. The highest BCUT2D eigenvalue weighted by molar-refractivity contribution is 7.85. The zero-order valence-corrected chi connectivity index (χ0v) is 25.9. The average molecular weight is 591 g/mol. The van der Waals surface area contributed by atoms with Crippen LogP contribution in [0.15, 0.2) is 53.6 Å². The first kappa shape index (κ1) is 30.0. The molecule has 0 amide bonds. The number of para-hydroxylation sites is 1. The summed E-state index contributed by atoms with van der Waals surface area (Å²) in [4.78, 5) is 15.9. The smallest absolute Gasteiger partial charge is 0.231 e. The van der Waals surface area contributed by atoms with Crippen LogP contribution in [0.25, 0.3) is 11.0 Å². The van der Waals surface area contributed by atoms with E-state index in [0.29, 0.717) is 29.9 Å². The van der Waals surface area contributed by atoms with Gasteiger partial charge >= 0.3 is 0 Å². The second-order valence-electron chi connectivity index (χ2n) is 11.5. The third kappa shape index (κ3) is 6.77. The van der Waals surface area contributed by atoms with Gasteiger partial charge in [0.15, 0.2) is 0 Å². The lowest BCUT2D eigenvalue weighted by Crippen LogP contribution is -2.36. The fourth-order valence-corrected chi connectivity index (χ4v) is 6.64. The summed E-state index contributed by atoms with van der Waals surface area (Å²) in [5.41, 5.74) is 4.68. The van der Waals surface area contributed by atoms with Gasteiger partial charge in [-0.3, -0.25) is 4.21 Å². The quantitative estimate of drug-likeness (QED) is 0.163. The maximum atomic E-state index is 13.0. The fraction of sp³-hybridized carbons (Fsp3) is 0.438. The van der Waals surface area contributed by atoms with Gasteiger partial charge in [0.2, 0.25) is 5.95 Å². The molecule has 0 saturated carbocycles. The number of nitrogens with zero attached hydrogens (tertiary/aromatic N) is 3. The van der Waals surface area contributed by atoms with Crippen LogP contribution in [0, 0.1) is 6.92 Å². The first-order valence-electron chi connectivity index (χ1n) is 14.8. The molecule has 4 N–H and O–H groups in total. The summed E-state index contributed by atoms with van der Waals surface area (Å²) in [7, 11) is -1.16. The molecule has 1 fully saturated rings. The Labute approximate surface area is 250 Å². The lowest BCUT2D eigenvalue weighted by molar-refractivity contribution is 0.161. The van der Waals surface area contributed by atoms with Crippen LogP contribution in [0.1, 0.15) is 57.6 Å². The van der Waals surface area contributed by atoms with Crippen molar-refractivity contribution in [3.63, 3.8) is 0 Å². The van der Waals surface area contributed by atoms with Crippen LogP contribution >= 0.6 is 0 Å². The highest BCUT2D eigenvalue weighted by Gasteiger charge is 2.24. The Kier molecular flexibility index (Phi) is 9.45. The molecule has 1 aliphatic heterocycles. The first-order chi connectivity index (χ1) is 20.2. The molecule has 0 bridgehead atoms. The van der Waals surface area contributed by atoms with Gasteiger partial charge in [0.05, 0.1) is 45.2 Å². The molecule has 10 heteroatoms. The van der Waals surface area contributed by atoms with Gasteiger partial charge in [-0.2, -0.15) is 9.97 Å². The predicted octanol–water partition coefficient (Wildman–Crippen LogP) is 6.23. The zero-order chi connectivity index (χ0) is 29.8. The molecule has 2 aromatic carbocycles. The summed E-state index contributed by atoms with van der Waals surface area (Å²) in [5.74, 6) is 2.17. The number of H-pyrrole nitrogens is 1. The molecule has 0 aliphatic carbocycles. The van der Waals surface area contributed by atoms with E-state index in [1.54, 1.807) is 0 Å². The number of aromatic nitrogens is 3. The summed E-state index contributed by atoms with van der Waals surface area (Å²) < 4.78 is 19.3. The molecule has 4 aromatic rings. The number of nitrogens with one attached hydrogen (secondary N) is 3. The topological polar surface area (TPSA) is 115 Å². The molecule has 224 valence electrons. The Hall–Kier alpha value is -3.47. The monoisotopic (exact) mass is 590 g/mol. The molecule has 2 atom stereocenters. The fourth-order valence-electron chi connectivity index (χ4n) is 5.59. The van der Waals surface area contributed by atoms with Gasteiger partial charge < -0.3 is 30.4 Å². The van der Waals surface area contributed by atoms with Gasteiger partial charge in [0.25, 0.3) is 0 Å². The largest absolute Gasteiger partial charge is 0.489 e. The van der Waals surface area contributed by atoms with E-state index < -0.39 is 10.8 Å². The molecule has 1 saturated heterocycles. The molecule has 3 heterocycles. The van der Waals surface area contributed by atoms with Gasteiger partial charge in [-0.1, -0.05) is 26.0 Å². The normalized spacial score (nSPS) is 16.7. The number of fused-ring (bicyclic) bond motifs is 1. The lowest BCUT2D eigenvalue weighted by atomic mass is 9.87. The van der Waals surface area contributed by atoms with E-state index in [-0.39, 0.29) is 18.0 Å². The maximum Gasteiger partial charge on any atom is 0.231 e. The predicted molar refractivity (Wildman–Crippen MR) is 171 cm³/mol. The van der Waals surface area contributed by atoms with E-state index in [4.69, 9.17) is 14.7 Å². The number of aryl methyl sites for hydroxylation is 1. The van der Waals surface area contributed by atoms with Crippen molar-refractivity contribution in [1.82, 2.24) is 19.9 Å². The van der Waals surface area contributed by atoms with Gasteiger partial charge in [0.1, 0.15) is 17.2 Å². The number of benzene rings is 2. The number of aliphatic hydroxyl groups excluding tert-OH is 1. The van der Waals surface area contributed by atoms with Crippen LogP contribution in [0.2, 0.25) is 0 Å². The molecular formula is C32H42N6O3S. The Morgan fingerprint density at radius 3 is 2.69 bits per heavy atom. The van der Waals surface area contributed by atoms with Crippen LogP contribution in [0.3, 0.4) is 0 Å². The minimum Gasteiger partial charge on any atom is -0.489 e. The van der Waals surface area contributed by atoms with E-state index in [1.165, 1.54) is 11.1 Å². The van der Waals surface area contributed by atoms with E-state index in [0.717, 1.165) is 53.3 Å². The molecule has 0 radical (unpaired) electrons. The van der Waals surface area contributed by atoms with Crippen LogP contribution in [-0.4, -0.2) is 66.8 Å². The van der Waals surface area contributed by atoms with E-state index in [9.17, 15) is 9.32 Å². The van der Waals surface area contributed by atoms with Crippen molar-refractivity contribution in [3.05, 3.63) is 59.8 Å². The van der Waals surface area contributed by atoms with Crippen LogP contribution in [-0.2, 0) is 10.8 Å². The molecule has 0 spiro atoms. The van der Waals surface area contributed by atoms with E-state index in [1.807, 2.05) is 64.2 Å². The van der Waals surface area contributed by atoms with Crippen molar-refractivity contribution in [3.8, 4) is 5.75 Å². The third-order valence-corrected chi connectivity index (χ3v) is 9.19. The van der Waals surface area contributed by atoms with Gasteiger partial charge in [-0.15, -0.1) is 0 Å². The number of ether oxygens (including phenoxy) is 1. The summed E-state index contributed by atoms with van der Waals surface area (Å²) in [5, 5.41) is 17.1. The number of aliphatic hydroxyl groups is 1. The molecule has 5 rings (SSSR count). The number of hydrogen-bond donors (Lipinski definition) is 4. The number of aromatic amines is 1. The Morgan fingerprint density at radius 2 is 1.93 bits per heavy atom. The molecule has 42 heavy (non-hydrogen) atoms. The van der Waals surface area contributed by atoms with Gasteiger partial charge in [0, 0.05) is 24.5 Å². The summed E-state index contributed by atoms with van der Waals surface area (Å²) in [6.07, 6.45) is 4.04. The second kappa shape index (κ2) is 13.2. The number of piperidine rings is 1. The van der Waals surface area contributed by atoms with Gasteiger partial charge in [-0.05, 0) is 87.5 Å². The SMILES string of the molecule is Cc1cc(Nc2nc(Nc3ccccc3S(=O)C(C)C)c3cc[nH]c3n2)c(OC(C)C)cc1C1CCCN(CCO)C1. The Morgan fingerprint density at radius 1 is 1.12 bits per heavy atom. The van der Waals surface area contributed by atoms with Crippen molar-refractivity contribution in [2.45, 2.75) is 69.6 Å². The number of hydrogen-bond acceptors (Lipinski definition) is 8. The molecule has 2 aromatic heterocycles. The van der Waals surface area contributed by atoms with E-state index in [2.05, 4.69) is 39.6 Å². The van der Waals surface area contributed by atoms with Crippen LogP contribution in [0.5, 0.6) is 5.75 Å². The molecular weight excluding hydrogens is 548 g/mol. The van der Waals surface area contributed by atoms with Crippen LogP contribution in [0.4, 0.5) is 23.1 Å². The van der Waals surface area contributed by atoms with Crippen molar-refractivity contribution in [1.29, 1.82) is 0 Å². The molecule has 1 aliphatic rings. The Balaban J connectivity index is 1.49. The zero-order valence-electron chi connectivity index (χ0n) is 25.1.